The van der Waals surface area contributed by atoms with Crippen molar-refractivity contribution in [2.45, 2.75) is 38.9 Å². The maximum absolute atomic E-state index is 13.9. The fourth-order valence-electron chi connectivity index (χ4n) is 2.59. The third-order valence-corrected chi connectivity index (χ3v) is 7.92. The number of allylic oxidation sites excluding steroid dienone is 4. The fourth-order valence-corrected chi connectivity index (χ4v) is 5.48. The Hall–Kier alpha value is -1.13. The first-order valence-electron chi connectivity index (χ1n) is 6.60. The van der Waals surface area contributed by atoms with Gasteiger partial charge in [-0.25, -0.2) is 0 Å². The molecular weight excluding hydrogens is 366 g/mol. The number of hydrogen-bond donors (Lipinski definition) is 0. The summed E-state index contributed by atoms with van der Waals surface area (Å²) in [5.74, 6) is -9.32. The Labute approximate surface area is 132 Å². The topological polar surface area (TPSA) is 0 Å². The van der Waals surface area contributed by atoms with Gasteiger partial charge in [-0.2, -0.15) is 0 Å². The van der Waals surface area contributed by atoms with Gasteiger partial charge in [0.1, 0.15) is 0 Å². The Morgan fingerprint density at radius 1 is 0.636 bits per heavy atom. The standard InChI is InChI=1S/C16H15F5Se/c1-6-7(2)9(4)16(5,8(6)3)22-15-13(20)11(18)10(17)12(19)14(15)21/h1-5H3. The third kappa shape index (κ3) is 2.24. The molecule has 2 rings (SSSR count). The average molecular weight is 381 g/mol. The predicted molar refractivity (Wildman–Crippen MR) is 76.7 cm³/mol. The number of halogens is 5. The van der Waals surface area contributed by atoms with Crippen molar-refractivity contribution in [1.29, 1.82) is 0 Å². The molecule has 0 amide bonds. The normalized spacial score (nSPS) is 17.7. The Morgan fingerprint density at radius 2 is 0.955 bits per heavy atom. The molecule has 0 saturated carbocycles. The second-order valence-corrected chi connectivity index (χ2v) is 8.53. The molecule has 0 fully saturated rings. The Kier molecular flexibility index (Phi) is 4.31. The molecule has 0 bridgehead atoms. The molecule has 0 saturated heterocycles. The number of rotatable bonds is 2. The van der Waals surface area contributed by atoms with Crippen LogP contribution in [0.25, 0.3) is 0 Å². The third-order valence-electron chi connectivity index (χ3n) is 4.59. The van der Waals surface area contributed by atoms with Crippen LogP contribution in [0, 0.1) is 29.1 Å². The van der Waals surface area contributed by atoms with Crippen LogP contribution in [0.5, 0.6) is 0 Å². The minimum atomic E-state index is -2.11. The van der Waals surface area contributed by atoms with E-state index in [1.165, 1.54) is 0 Å². The SMILES string of the molecule is CC1=C(C)C(C)([Se]c2c(F)c(F)c(F)c(F)c2F)C(C)=C1C. The van der Waals surface area contributed by atoms with E-state index in [1.807, 2.05) is 27.7 Å². The van der Waals surface area contributed by atoms with Gasteiger partial charge in [-0.05, 0) is 0 Å². The summed E-state index contributed by atoms with van der Waals surface area (Å²) < 4.78 is 66.4. The molecule has 120 valence electrons. The summed E-state index contributed by atoms with van der Waals surface area (Å²) in [4.78, 5) is 0. The Bertz CT molecular complexity index is 678. The summed E-state index contributed by atoms with van der Waals surface area (Å²) >= 11 is -0.969. The molecule has 0 heterocycles. The average Bonchev–Trinajstić information content (AvgIpc) is 2.64. The number of benzene rings is 1. The van der Waals surface area contributed by atoms with E-state index in [9.17, 15) is 22.0 Å². The van der Waals surface area contributed by atoms with Gasteiger partial charge in [-0.1, -0.05) is 0 Å². The van der Waals surface area contributed by atoms with Crippen molar-refractivity contribution in [2.24, 2.45) is 0 Å². The molecular formula is C16H15F5Se. The van der Waals surface area contributed by atoms with E-state index in [0.717, 1.165) is 22.3 Å². The van der Waals surface area contributed by atoms with Crippen LogP contribution in [-0.4, -0.2) is 15.0 Å². The van der Waals surface area contributed by atoms with Crippen molar-refractivity contribution >= 4 is 19.4 Å². The second-order valence-electron chi connectivity index (χ2n) is 5.53. The summed E-state index contributed by atoms with van der Waals surface area (Å²) in [7, 11) is 0. The van der Waals surface area contributed by atoms with Crippen LogP contribution in [0.2, 0.25) is 4.31 Å². The van der Waals surface area contributed by atoms with Gasteiger partial charge in [0.2, 0.25) is 0 Å². The minimum absolute atomic E-state index is 0.695. The van der Waals surface area contributed by atoms with Gasteiger partial charge in [0.05, 0.1) is 0 Å². The molecule has 0 nitrogen and oxygen atoms in total. The van der Waals surface area contributed by atoms with E-state index < -0.39 is 52.8 Å². The van der Waals surface area contributed by atoms with Crippen molar-refractivity contribution in [2.75, 3.05) is 0 Å². The molecule has 0 unspecified atom stereocenters. The molecule has 1 aromatic rings. The van der Waals surface area contributed by atoms with Crippen LogP contribution >= 0.6 is 0 Å². The van der Waals surface area contributed by atoms with Crippen LogP contribution < -0.4 is 4.46 Å². The molecule has 1 aliphatic carbocycles. The summed E-state index contributed by atoms with van der Waals surface area (Å²) in [6.45, 7) is 9.25. The van der Waals surface area contributed by atoms with Crippen LogP contribution in [-0.2, 0) is 0 Å². The van der Waals surface area contributed by atoms with Gasteiger partial charge < -0.3 is 0 Å². The van der Waals surface area contributed by atoms with Crippen LogP contribution in [0.3, 0.4) is 0 Å². The van der Waals surface area contributed by atoms with E-state index in [1.54, 1.807) is 6.92 Å². The molecule has 0 aromatic heterocycles. The zero-order chi connectivity index (χ0) is 17.0. The molecule has 1 aliphatic rings. The van der Waals surface area contributed by atoms with Crippen molar-refractivity contribution < 1.29 is 22.0 Å². The van der Waals surface area contributed by atoms with Crippen molar-refractivity contribution in [3.63, 3.8) is 0 Å². The second kappa shape index (κ2) is 5.50. The summed E-state index contributed by atoms with van der Waals surface area (Å²) in [5.41, 5.74) is 3.83. The summed E-state index contributed by atoms with van der Waals surface area (Å²) in [6, 6.07) is 0. The Morgan fingerprint density at radius 3 is 1.32 bits per heavy atom. The first-order chi connectivity index (χ1) is 10.0. The van der Waals surface area contributed by atoms with Crippen molar-refractivity contribution in [3.8, 4) is 0 Å². The van der Waals surface area contributed by atoms with Crippen molar-refractivity contribution in [3.05, 3.63) is 51.4 Å². The molecule has 1 aromatic carbocycles. The van der Waals surface area contributed by atoms with E-state index in [4.69, 9.17) is 0 Å². The molecule has 0 spiro atoms. The van der Waals surface area contributed by atoms with Crippen LogP contribution in [0.1, 0.15) is 34.6 Å². The Balaban J connectivity index is 2.63. The molecule has 0 radical (unpaired) electrons. The molecule has 0 aliphatic heterocycles. The van der Waals surface area contributed by atoms with Gasteiger partial charge in [0.25, 0.3) is 0 Å². The predicted octanol–water partition coefficient (Wildman–Crippen LogP) is 4.58. The monoisotopic (exact) mass is 382 g/mol. The summed E-state index contributed by atoms with van der Waals surface area (Å²) in [6.07, 6.45) is 0. The zero-order valence-corrected chi connectivity index (χ0v) is 14.5. The van der Waals surface area contributed by atoms with Crippen LogP contribution in [0.4, 0.5) is 22.0 Å². The number of hydrogen-bond acceptors (Lipinski definition) is 0. The van der Waals surface area contributed by atoms with Gasteiger partial charge >= 0.3 is 132 Å². The summed E-state index contributed by atoms with van der Waals surface area (Å²) in [5, 5.41) is 0. The molecule has 0 atom stereocenters. The zero-order valence-electron chi connectivity index (χ0n) is 12.8. The van der Waals surface area contributed by atoms with Gasteiger partial charge in [0.15, 0.2) is 0 Å². The molecule has 22 heavy (non-hydrogen) atoms. The van der Waals surface area contributed by atoms with E-state index in [0.29, 0.717) is 0 Å². The van der Waals surface area contributed by atoms with Crippen LogP contribution in [0.15, 0.2) is 22.3 Å². The van der Waals surface area contributed by atoms with Gasteiger partial charge in [-0.3, -0.25) is 0 Å². The van der Waals surface area contributed by atoms with E-state index in [2.05, 4.69) is 0 Å². The first kappa shape index (κ1) is 17.2. The quantitative estimate of drug-likeness (QED) is 0.305. The molecule has 0 N–H and O–H groups in total. The first-order valence-corrected chi connectivity index (χ1v) is 8.32. The van der Waals surface area contributed by atoms with E-state index >= 15 is 0 Å². The maximum atomic E-state index is 13.9. The fraction of sp³-hybridized carbons (Fsp3) is 0.375. The van der Waals surface area contributed by atoms with Gasteiger partial charge in [-0.15, -0.1) is 0 Å². The van der Waals surface area contributed by atoms with Gasteiger partial charge in [0, 0.05) is 0 Å². The van der Waals surface area contributed by atoms with E-state index in [-0.39, 0.29) is 0 Å². The van der Waals surface area contributed by atoms with Crippen molar-refractivity contribution in [1.82, 2.24) is 0 Å². The molecule has 6 heteroatoms.